The third-order valence-corrected chi connectivity index (χ3v) is 1.03. The van der Waals surface area contributed by atoms with E-state index in [1.807, 2.05) is 6.92 Å². The number of Topliss-reactive ketones (excluding diaryl/α,β-unsaturated/α-hetero) is 1. The van der Waals surface area contributed by atoms with Gasteiger partial charge in [-0.2, -0.15) is 0 Å². The van der Waals surface area contributed by atoms with E-state index < -0.39 is 0 Å². The zero-order valence-electron chi connectivity index (χ0n) is 6.53. The highest BCUT2D eigenvalue weighted by atomic mass is 16.1. The SMILES string of the molecule is CC#CCC(=O)CNCC. The lowest BCUT2D eigenvalue weighted by molar-refractivity contribution is -0.117. The van der Waals surface area contributed by atoms with Crippen LogP contribution >= 0.6 is 0 Å². The highest BCUT2D eigenvalue weighted by molar-refractivity contribution is 5.82. The Balaban J connectivity index is 3.31. The zero-order valence-corrected chi connectivity index (χ0v) is 6.53. The van der Waals surface area contributed by atoms with Crippen LogP contribution < -0.4 is 5.32 Å². The van der Waals surface area contributed by atoms with Crippen LogP contribution in [0.4, 0.5) is 0 Å². The second-order valence-electron chi connectivity index (χ2n) is 1.92. The molecule has 2 heteroatoms. The largest absolute Gasteiger partial charge is 0.310 e. The average molecular weight is 139 g/mol. The summed E-state index contributed by atoms with van der Waals surface area (Å²) in [5.41, 5.74) is 0. The summed E-state index contributed by atoms with van der Waals surface area (Å²) < 4.78 is 0. The Morgan fingerprint density at radius 3 is 2.80 bits per heavy atom. The molecule has 0 aliphatic carbocycles. The molecule has 0 aliphatic heterocycles. The Kier molecular flexibility index (Phi) is 5.80. The quantitative estimate of drug-likeness (QED) is 0.577. The number of rotatable bonds is 4. The maximum atomic E-state index is 10.8. The van der Waals surface area contributed by atoms with E-state index in [1.165, 1.54) is 0 Å². The normalized spacial score (nSPS) is 8.20. The van der Waals surface area contributed by atoms with Crippen molar-refractivity contribution in [1.29, 1.82) is 0 Å². The summed E-state index contributed by atoms with van der Waals surface area (Å²) in [6.45, 7) is 5.00. The minimum Gasteiger partial charge on any atom is -0.310 e. The van der Waals surface area contributed by atoms with E-state index >= 15 is 0 Å². The minimum atomic E-state index is 0.163. The molecule has 0 aromatic rings. The maximum Gasteiger partial charge on any atom is 0.158 e. The summed E-state index contributed by atoms with van der Waals surface area (Å²) in [6.07, 6.45) is 0.378. The van der Waals surface area contributed by atoms with Crippen LogP contribution in [0.2, 0.25) is 0 Å². The van der Waals surface area contributed by atoms with Crippen LogP contribution in [0.3, 0.4) is 0 Å². The van der Waals surface area contributed by atoms with Crippen molar-refractivity contribution in [2.45, 2.75) is 20.3 Å². The summed E-state index contributed by atoms with van der Waals surface area (Å²) in [4.78, 5) is 10.8. The van der Waals surface area contributed by atoms with Gasteiger partial charge in [-0.3, -0.25) is 4.79 Å². The number of likely N-dealkylation sites (N-methyl/N-ethyl adjacent to an activating group) is 1. The van der Waals surface area contributed by atoms with Crippen molar-refractivity contribution >= 4 is 5.78 Å². The smallest absolute Gasteiger partial charge is 0.158 e. The number of hydrogen-bond donors (Lipinski definition) is 1. The van der Waals surface area contributed by atoms with Gasteiger partial charge in [0.25, 0.3) is 0 Å². The monoisotopic (exact) mass is 139 g/mol. The predicted molar refractivity (Wildman–Crippen MR) is 41.6 cm³/mol. The third kappa shape index (κ3) is 5.33. The van der Waals surface area contributed by atoms with Gasteiger partial charge in [-0.25, -0.2) is 0 Å². The molecule has 0 rings (SSSR count). The van der Waals surface area contributed by atoms with Crippen LogP contribution in [0.15, 0.2) is 0 Å². The highest BCUT2D eigenvalue weighted by Gasteiger charge is 1.95. The summed E-state index contributed by atoms with van der Waals surface area (Å²) in [5, 5.41) is 2.94. The molecular weight excluding hydrogens is 126 g/mol. The molecule has 10 heavy (non-hydrogen) atoms. The van der Waals surface area contributed by atoms with Crippen LogP contribution in [0.25, 0.3) is 0 Å². The number of hydrogen-bond acceptors (Lipinski definition) is 2. The van der Waals surface area contributed by atoms with Crippen molar-refractivity contribution in [3.8, 4) is 11.8 Å². The molecule has 0 aliphatic rings. The van der Waals surface area contributed by atoms with Gasteiger partial charge in [0.05, 0.1) is 13.0 Å². The Hall–Kier alpha value is -0.810. The molecular formula is C8H13NO. The fourth-order valence-corrected chi connectivity index (χ4v) is 0.514. The Morgan fingerprint density at radius 1 is 1.60 bits per heavy atom. The van der Waals surface area contributed by atoms with Gasteiger partial charge in [-0.05, 0) is 13.5 Å². The summed E-state index contributed by atoms with van der Waals surface area (Å²) in [7, 11) is 0. The van der Waals surface area contributed by atoms with Crippen LogP contribution in [0, 0.1) is 11.8 Å². The molecule has 0 spiro atoms. The second-order valence-corrected chi connectivity index (χ2v) is 1.92. The van der Waals surface area contributed by atoms with Gasteiger partial charge in [0.2, 0.25) is 0 Å². The van der Waals surface area contributed by atoms with Gasteiger partial charge in [0.15, 0.2) is 5.78 Å². The molecule has 0 saturated carbocycles. The van der Waals surface area contributed by atoms with Crippen molar-refractivity contribution in [2.24, 2.45) is 0 Å². The van der Waals surface area contributed by atoms with Gasteiger partial charge >= 0.3 is 0 Å². The molecule has 2 nitrogen and oxygen atoms in total. The van der Waals surface area contributed by atoms with Crippen LogP contribution in [-0.2, 0) is 4.79 Å². The van der Waals surface area contributed by atoms with E-state index in [0.717, 1.165) is 6.54 Å². The summed E-state index contributed by atoms with van der Waals surface area (Å²) in [6, 6.07) is 0. The zero-order chi connectivity index (χ0) is 7.82. The fourth-order valence-electron chi connectivity index (χ4n) is 0.514. The van der Waals surface area contributed by atoms with Crippen molar-refractivity contribution in [2.75, 3.05) is 13.1 Å². The lowest BCUT2D eigenvalue weighted by atomic mass is 10.3. The standard InChI is InChI=1S/C8H13NO/c1-3-5-6-8(10)7-9-4-2/h9H,4,6-7H2,1-2H3. The molecule has 0 unspecified atom stereocenters. The number of carbonyl (C=O) groups is 1. The van der Waals surface area contributed by atoms with Crippen LogP contribution in [0.1, 0.15) is 20.3 Å². The van der Waals surface area contributed by atoms with E-state index in [2.05, 4.69) is 17.2 Å². The number of carbonyl (C=O) groups excluding carboxylic acids is 1. The van der Waals surface area contributed by atoms with Crippen molar-refractivity contribution in [3.05, 3.63) is 0 Å². The molecule has 0 amide bonds. The fraction of sp³-hybridized carbons (Fsp3) is 0.625. The van der Waals surface area contributed by atoms with E-state index in [9.17, 15) is 4.79 Å². The van der Waals surface area contributed by atoms with E-state index in [0.29, 0.717) is 13.0 Å². The van der Waals surface area contributed by atoms with Crippen LogP contribution in [0.5, 0.6) is 0 Å². The molecule has 0 heterocycles. The molecule has 0 fully saturated rings. The molecule has 0 atom stereocenters. The summed E-state index contributed by atoms with van der Waals surface area (Å²) in [5.74, 6) is 5.56. The lowest BCUT2D eigenvalue weighted by Crippen LogP contribution is -2.21. The first-order valence-electron chi connectivity index (χ1n) is 3.43. The van der Waals surface area contributed by atoms with E-state index in [-0.39, 0.29) is 5.78 Å². The van der Waals surface area contributed by atoms with Crippen molar-refractivity contribution < 1.29 is 4.79 Å². The highest BCUT2D eigenvalue weighted by Crippen LogP contribution is 1.77. The molecule has 0 aromatic carbocycles. The predicted octanol–water partition coefficient (Wildman–Crippen LogP) is 0.578. The summed E-state index contributed by atoms with van der Waals surface area (Å²) >= 11 is 0. The van der Waals surface area contributed by atoms with Gasteiger partial charge in [-0.1, -0.05) is 12.8 Å². The van der Waals surface area contributed by atoms with Crippen LogP contribution in [-0.4, -0.2) is 18.9 Å². The first-order valence-corrected chi connectivity index (χ1v) is 3.43. The lowest BCUT2D eigenvalue weighted by Gasteiger charge is -1.95. The topological polar surface area (TPSA) is 29.1 Å². The second kappa shape index (κ2) is 6.31. The van der Waals surface area contributed by atoms with Gasteiger partial charge < -0.3 is 5.32 Å². The van der Waals surface area contributed by atoms with Gasteiger partial charge in [-0.15, -0.1) is 5.92 Å². The average Bonchev–Trinajstić information content (AvgIpc) is 1.97. The molecule has 0 radical (unpaired) electrons. The number of nitrogens with one attached hydrogen (secondary N) is 1. The first-order chi connectivity index (χ1) is 4.81. The van der Waals surface area contributed by atoms with Crippen molar-refractivity contribution in [3.63, 3.8) is 0 Å². The molecule has 56 valence electrons. The van der Waals surface area contributed by atoms with Gasteiger partial charge in [0, 0.05) is 0 Å². The maximum absolute atomic E-state index is 10.8. The molecule has 0 bridgehead atoms. The number of ketones is 1. The molecule has 0 aromatic heterocycles. The van der Waals surface area contributed by atoms with Crippen molar-refractivity contribution in [1.82, 2.24) is 5.32 Å². The first kappa shape index (κ1) is 9.19. The third-order valence-electron chi connectivity index (χ3n) is 1.03. The molecule has 0 saturated heterocycles. The Bertz CT molecular complexity index is 152. The Labute approximate surface area is 62.0 Å². The van der Waals surface area contributed by atoms with E-state index in [4.69, 9.17) is 0 Å². The van der Waals surface area contributed by atoms with E-state index in [1.54, 1.807) is 6.92 Å². The minimum absolute atomic E-state index is 0.163. The van der Waals surface area contributed by atoms with Gasteiger partial charge in [0.1, 0.15) is 0 Å². The Morgan fingerprint density at radius 2 is 2.30 bits per heavy atom. The molecule has 1 N–H and O–H groups in total.